The standard InChI is InChI=1S/C21H22FN3O.C2HF3O2/c1-15-11-16(5-6-18(15)22)17-12-20-19(23-13-17)7-10-25(20)14-21(26)24-8-3-2-4-9-24;3-2(4,5)1(6)7/h5-7,10-13H,2-4,8-9,14H2,1H3;(H,6,7). The number of alkyl halides is 3. The lowest BCUT2D eigenvalue weighted by Crippen LogP contribution is -2.37. The number of carbonyl (C=O) groups is 2. The van der Waals surface area contributed by atoms with E-state index in [1.54, 1.807) is 19.2 Å². The van der Waals surface area contributed by atoms with E-state index in [9.17, 15) is 22.4 Å². The van der Waals surface area contributed by atoms with Crippen LogP contribution in [0.15, 0.2) is 42.7 Å². The normalized spacial score (nSPS) is 14.0. The smallest absolute Gasteiger partial charge is 0.475 e. The number of hydrogen-bond donors (Lipinski definition) is 1. The number of carbonyl (C=O) groups excluding carboxylic acids is 1. The first kappa shape index (κ1) is 24.2. The van der Waals surface area contributed by atoms with Crippen LogP contribution in [-0.2, 0) is 16.1 Å². The maximum absolute atomic E-state index is 13.5. The van der Waals surface area contributed by atoms with Gasteiger partial charge in [-0.25, -0.2) is 9.18 Å². The quantitative estimate of drug-likeness (QED) is 0.564. The summed E-state index contributed by atoms with van der Waals surface area (Å²) in [7, 11) is 0. The molecular formula is C23H23F4N3O3. The van der Waals surface area contributed by atoms with Crippen molar-refractivity contribution in [2.45, 2.75) is 38.9 Å². The van der Waals surface area contributed by atoms with E-state index < -0.39 is 12.1 Å². The molecule has 3 aromatic rings. The van der Waals surface area contributed by atoms with Gasteiger partial charge < -0.3 is 14.6 Å². The number of hydrogen-bond acceptors (Lipinski definition) is 3. The van der Waals surface area contributed by atoms with Gasteiger partial charge in [-0.1, -0.05) is 6.07 Å². The predicted molar refractivity (Wildman–Crippen MR) is 114 cm³/mol. The van der Waals surface area contributed by atoms with Crippen LogP contribution >= 0.6 is 0 Å². The van der Waals surface area contributed by atoms with Crippen molar-refractivity contribution in [1.82, 2.24) is 14.5 Å². The lowest BCUT2D eigenvalue weighted by molar-refractivity contribution is -0.192. The van der Waals surface area contributed by atoms with Crippen LogP contribution < -0.4 is 0 Å². The molecule has 2 aromatic heterocycles. The first-order valence-corrected chi connectivity index (χ1v) is 10.4. The Hall–Kier alpha value is -3.43. The van der Waals surface area contributed by atoms with Crippen molar-refractivity contribution >= 4 is 22.9 Å². The molecule has 0 saturated carbocycles. The number of aromatic nitrogens is 2. The fourth-order valence-corrected chi connectivity index (χ4v) is 3.57. The Kier molecular flexibility index (Phi) is 7.35. The molecule has 0 spiro atoms. The SMILES string of the molecule is Cc1cc(-c2cnc3ccn(CC(=O)N4CCCCC4)c3c2)ccc1F.O=C(O)C(F)(F)F. The number of piperidine rings is 1. The van der Waals surface area contributed by atoms with Crippen molar-refractivity contribution in [2.24, 2.45) is 0 Å². The average molecular weight is 465 g/mol. The fourth-order valence-electron chi connectivity index (χ4n) is 3.57. The Morgan fingerprint density at radius 1 is 1.06 bits per heavy atom. The van der Waals surface area contributed by atoms with Gasteiger partial charge in [-0.2, -0.15) is 13.2 Å². The molecule has 1 aliphatic heterocycles. The number of carboxylic acid groups (broad SMARTS) is 1. The average Bonchev–Trinajstić information content (AvgIpc) is 3.18. The van der Waals surface area contributed by atoms with Gasteiger partial charge in [0.15, 0.2) is 0 Å². The van der Waals surface area contributed by atoms with Crippen molar-refractivity contribution in [3.05, 3.63) is 54.1 Å². The second-order valence-corrected chi connectivity index (χ2v) is 7.78. The zero-order valence-corrected chi connectivity index (χ0v) is 17.9. The number of amides is 1. The number of aryl methyl sites for hydroxylation is 1. The number of aliphatic carboxylic acids is 1. The molecule has 1 aliphatic rings. The maximum Gasteiger partial charge on any atom is 0.490 e. The van der Waals surface area contributed by atoms with Crippen LogP contribution in [0.4, 0.5) is 17.6 Å². The molecule has 1 N–H and O–H groups in total. The molecule has 1 amide bonds. The number of fused-ring (bicyclic) bond motifs is 1. The molecule has 0 aliphatic carbocycles. The van der Waals surface area contributed by atoms with E-state index in [1.807, 2.05) is 33.9 Å². The van der Waals surface area contributed by atoms with Gasteiger partial charge in [0, 0.05) is 31.0 Å². The molecule has 0 unspecified atom stereocenters. The topological polar surface area (TPSA) is 75.4 Å². The number of benzene rings is 1. The zero-order valence-electron chi connectivity index (χ0n) is 17.9. The molecule has 4 rings (SSSR count). The molecule has 6 nitrogen and oxygen atoms in total. The molecule has 1 fully saturated rings. The second kappa shape index (κ2) is 10.0. The molecule has 3 heterocycles. The van der Waals surface area contributed by atoms with Crippen LogP contribution in [0.3, 0.4) is 0 Å². The van der Waals surface area contributed by atoms with Crippen molar-refractivity contribution in [3.63, 3.8) is 0 Å². The van der Waals surface area contributed by atoms with Gasteiger partial charge in [-0.15, -0.1) is 0 Å². The van der Waals surface area contributed by atoms with Gasteiger partial charge in [0.2, 0.25) is 5.91 Å². The van der Waals surface area contributed by atoms with Crippen LogP contribution in [0, 0.1) is 12.7 Å². The third-order valence-electron chi connectivity index (χ3n) is 5.37. The van der Waals surface area contributed by atoms with Crippen LogP contribution in [0.2, 0.25) is 0 Å². The zero-order chi connectivity index (χ0) is 24.2. The van der Waals surface area contributed by atoms with E-state index in [1.165, 1.54) is 12.5 Å². The number of rotatable bonds is 3. The number of carboxylic acids is 1. The van der Waals surface area contributed by atoms with E-state index in [4.69, 9.17) is 9.90 Å². The summed E-state index contributed by atoms with van der Waals surface area (Å²) in [6, 6.07) is 9.02. The highest BCUT2D eigenvalue weighted by molar-refractivity contribution is 5.84. The summed E-state index contributed by atoms with van der Waals surface area (Å²) in [4.78, 5) is 27.9. The number of halogens is 4. The summed E-state index contributed by atoms with van der Waals surface area (Å²) < 4.78 is 47.2. The maximum atomic E-state index is 13.5. The Bertz CT molecular complexity index is 1150. The van der Waals surface area contributed by atoms with Gasteiger partial charge in [0.1, 0.15) is 12.4 Å². The molecular weight excluding hydrogens is 442 g/mol. The molecule has 0 bridgehead atoms. The van der Waals surface area contributed by atoms with E-state index in [0.29, 0.717) is 12.1 Å². The summed E-state index contributed by atoms with van der Waals surface area (Å²) in [5.41, 5.74) is 4.24. The van der Waals surface area contributed by atoms with Gasteiger partial charge >= 0.3 is 12.1 Å². The minimum absolute atomic E-state index is 0.158. The minimum atomic E-state index is -5.08. The van der Waals surface area contributed by atoms with Crippen LogP contribution in [0.25, 0.3) is 22.2 Å². The molecule has 0 radical (unpaired) electrons. The Morgan fingerprint density at radius 2 is 1.73 bits per heavy atom. The highest BCUT2D eigenvalue weighted by Crippen LogP contribution is 2.25. The summed E-state index contributed by atoms with van der Waals surface area (Å²) in [5.74, 6) is -2.81. The summed E-state index contributed by atoms with van der Waals surface area (Å²) in [5, 5.41) is 7.12. The third-order valence-corrected chi connectivity index (χ3v) is 5.37. The molecule has 176 valence electrons. The minimum Gasteiger partial charge on any atom is -0.475 e. The van der Waals surface area contributed by atoms with E-state index in [-0.39, 0.29) is 11.7 Å². The van der Waals surface area contributed by atoms with E-state index >= 15 is 0 Å². The number of likely N-dealkylation sites (tertiary alicyclic amines) is 1. The van der Waals surface area contributed by atoms with Crippen LogP contribution in [0.5, 0.6) is 0 Å². The van der Waals surface area contributed by atoms with Crippen LogP contribution in [-0.4, -0.2) is 50.7 Å². The van der Waals surface area contributed by atoms with Crippen molar-refractivity contribution in [3.8, 4) is 11.1 Å². The second-order valence-electron chi connectivity index (χ2n) is 7.78. The summed E-state index contributed by atoms with van der Waals surface area (Å²) >= 11 is 0. The van der Waals surface area contributed by atoms with Gasteiger partial charge in [-0.3, -0.25) is 9.78 Å². The Balaban J connectivity index is 0.000000383. The van der Waals surface area contributed by atoms with Gasteiger partial charge in [0.25, 0.3) is 0 Å². The van der Waals surface area contributed by atoms with Gasteiger partial charge in [-0.05, 0) is 61.6 Å². The highest BCUT2D eigenvalue weighted by atomic mass is 19.4. The monoisotopic (exact) mass is 465 g/mol. The predicted octanol–water partition coefficient (Wildman–Crippen LogP) is 4.80. The van der Waals surface area contributed by atoms with Crippen molar-refractivity contribution < 1.29 is 32.3 Å². The van der Waals surface area contributed by atoms with E-state index in [0.717, 1.165) is 48.1 Å². The number of nitrogens with zero attached hydrogens (tertiary/aromatic N) is 3. The molecule has 1 saturated heterocycles. The molecule has 33 heavy (non-hydrogen) atoms. The van der Waals surface area contributed by atoms with Crippen LogP contribution in [0.1, 0.15) is 24.8 Å². The van der Waals surface area contributed by atoms with Gasteiger partial charge in [0.05, 0.1) is 11.0 Å². The summed E-state index contributed by atoms with van der Waals surface area (Å²) in [6.07, 6.45) is 2.02. The number of pyridine rings is 1. The largest absolute Gasteiger partial charge is 0.490 e. The van der Waals surface area contributed by atoms with Crippen molar-refractivity contribution in [2.75, 3.05) is 13.1 Å². The summed E-state index contributed by atoms with van der Waals surface area (Å²) in [6.45, 7) is 3.80. The fraction of sp³-hybridized carbons (Fsp3) is 0.348. The molecule has 10 heteroatoms. The Labute approximate surface area is 187 Å². The first-order valence-electron chi connectivity index (χ1n) is 10.4. The highest BCUT2D eigenvalue weighted by Gasteiger charge is 2.38. The lowest BCUT2D eigenvalue weighted by atomic mass is 10.0. The van der Waals surface area contributed by atoms with Crippen molar-refractivity contribution in [1.29, 1.82) is 0 Å². The molecule has 1 aromatic carbocycles. The Morgan fingerprint density at radius 3 is 2.33 bits per heavy atom. The molecule has 0 atom stereocenters. The lowest BCUT2D eigenvalue weighted by Gasteiger charge is -2.27. The first-order chi connectivity index (χ1) is 15.6. The van der Waals surface area contributed by atoms with E-state index in [2.05, 4.69) is 4.98 Å². The third kappa shape index (κ3) is 6.09.